The first-order valence-electron chi connectivity index (χ1n) is 1.52. The summed E-state index contributed by atoms with van der Waals surface area (Å²) in [6.07, 6.45) is 0.875. The molecular formula is C3H11Cl3OTi. The van der Waals surface area contributed by atoms with E-state index in [1.807, 2.05) is 6.92 Å². The van der Waals surface area contributed by atoms with Gasteiger partial charge >= 0.3 is 0 Å². The summed E-state index contributed by atoms with van der Waals surface area (Å²) in [7, 11) is 0. The third-order valence-electron chi connectivity index (χ3n) is 0.224. The molecule has 0 aliphatic carbocycles. The van der Waals surface area contributed by atoms with Gasteiger partial charge in [-0.15, -0.1) is 37.2 Å². The van der Waals surface area contributed by atoms with Crippen LogP contribution in [0.5, 0.6) is 0 Å². The molecule has 0 bridgehead atoms. The maximum Gasteiger partial charge on any atom is 0.0428 e. The Balaban J connectivity index is -0.00000000750. The second-order valence-electron chi connectivity index (χ2n) is 0.724. The van der Waals surface area contributed by atoms with Gasteiger partial charge in [0.15, 0.2) is 0 Å². The maximum atomic E-state index is 7.88. The monoisotopic (exact) mass is 216 g/mol. The summed E-state index contributed by atoms with van der Waals surface area (Å²) in [6.45, 7) is 2.25. The molecule has 0 rings (SSSR count). The topological polar surface area (TPSA) is 20.2 Å². The normalized spacial score (nSPS) is 3.75. The first-order valence-corrected chi connectivity index (χ1v) is 1.52. The number of aliphatic hydroxyl groups is 1. The Morgan fingerprint density at radius 3 is 1.25 bits per heavy atom. The van der Waals surface area contributed by atoms with Crippen LogP contribution >= 0.6 is 37.2 Å². The molecule has 0 aromatic heterocycles. The number of aliphatic hydroxyl groups excluding tert-OH is 1. The molecule has 0 saturated carbocycles. The van der Waals surface area contributed by atoms with E-state index in [0.29, 0.717) is 6.61 Å². The van der Waals surface area contributed by atoms with Crippen LogP contribution in [-0.2, 0) is 21.7 Å². The van der Waals surface area contributed by atoms with Crippen molar-refractivity contribution in [1.82, 2.24) is 0 Å². The van der Waals surface area contributed by atoms with E-state index in [4.69, 9.17) is 5.11 Å². The summed E-state index contributed by atoms with van der Waals surface area (Å²) in [5, 5.41) is 7.88. The third-order valence-corrected chi connectivity index (χ3v) is 0.224. The summed E-state index contributed by atoms with van der Waals surface area (Å²) in [6, 6.07) is 0. The minimum Gasteiger partial charge on any atom is -0.396 e. The molecule has 54 valence electrons. The predicted molar refractivity (Wildman–Crippen MR) is 39.1 cm³/mol. The van der Waals surface area contributed by atoms with Crippen LogP contribution in [-0.4, -0.2) is 11.7 Å². The fraction of sp³-hybridized carbons (Fsp3) is 1.00. The van der Waals surface area contributed by atoms with E-state index in [1.54, 1.807) is 0 Å². The Morgan fingerprint density at radius 2 is 1.25 bits per heavy atom. The average molecular weight is 217 g/mol. The summed E-state index contributed by atoms with van der Waals surface area (Å²) < 4.78 is 0. The van der Waals surface area contributed by atoms with E-state index >= 15 is 0 Å². The van der Waals surface area contributed by atoms with Gasteiger partial charge in [-0.3, -0.25) is 0 Å². The van der Waals surface area contributed by atoms with E-state index in [0.717, 1.165) is 6.42 Å². The van der Waals surface area contributed by atoms with Crippen LogP contribution in [0.25, 0.3) is 0 Å². The molecule has 0 amide bonds. The van der Waals surface area contributed by atoms with Crippen LogP contribution in [0.4, 0.5) is 0 Å². The molecule has 8 heavy (non-hydrogen) atoms. The molecule has 0 aromatic rings. The van der Waals surface area contributed by atoms with Gasteiger partial charge in [0.05, 0.1) is 0 Å². The Kier molecular flexibility index (Phi) is 163. The molecule has 1 N–H and O–H groups in total. The van der Waals surface area contributed by atoms with Crippen molar-refractivity contribution in [3.8, 4) is 0 Å². The number of hydrogen-bond donors (Lipinski definition) is 1. The van der Waals surface area contributed by atoms with Crippen LogP contribution in [0.15, 0.2) is 0 Å². The standard InChI is InChI=1S/C3H8O.3ClH.Ti/c1-2-3-4;;;;/h4H,2-3H2,1H3;3*1H;. The van der Waals surface area contributed by atoms with Gasteiger partial charge in [0.25, 0.3) is 0 Å². The molecule has 5 heteroatoms. The van der Waals surface area contributed by atoms with Crippen molar-refractivity contribution < 1.29 is 26.8 Å². The van der Waals surface area contributed by atoms with Crippen molar-refractivity contribution in [2.75, 3.05) is 6.61 Å². The quantitative estimate of drug-likeness (QED) is 0.662. The zero-order valence-electron chi connectivity index (χ0n) is 4.59. The van der Waals surface area contributed by atoms with Gasteiger partial charge in [0.1, 0.15) is 0 Å². The SMILES string of the molecule is CCCO.Cl.Cl.Cl.[Ti]. The fourth-order valence-corrected chi connectivity index (χ4v) is 0. The van der Waals surface area contributed by atoms with Crippen molar-refractivity contribution in [1.29, 1.82) is 0 Å². The fourth-order valence-electron chi connectivity index (χ4n) is 0. The molecular weight excluding hydrogens is 206 g/mol. The van der Waals surface area contributed by atoms with Crippen LogP contribution in [0.3, 0.4) is 0 Å². The first-order chi connectivity index (χ1) is 1.91. The number of halogens is 3. The Bertz CT molecular complexity index is 16.5. The van der Waals surface area contributed by atoms with Gasteiger partial charge in [-0.1, -0.05) is 6.92 Å². The van der Waals surface area contributed by atoms with Gasteiger partial charge in [-0.25, -0.2) is 0 Å². The molecule has 0 heterocycles. The Labute approximate surface area is 83.7 Å². The molecule has 0 aromatic carbocycles. The molecule has 0 aliphatic rings. The maximum absolute atomic E-state index is 7.88. The number of rotatable bonds is 1. The van der Waals surface area contributed by atoms with Gasteiger partial charge < -0.3 is 5.11 Å². The van der Waals surface area contributed by atoms with Crippen LogP contribution in [0.1, 0.15) is 13.3 Å². The molecule has 0 saturated heterocycles. The second-order valence-corrected chi connectivity index (χ2v) is 0.724. The molecule has 1 nitrogen and oxygen atoms in total. The van der Waals surface area contributed by atoms with E-state index in [9.17, 15) is 0 Å². The summed E-state index contributed by atoms with van der Waals surface area (Å²) >= 11 is 0. The molecule has 0 aliphatic heterocycles. The van der Waals surface area contributed by atoms with E-state index in [1.165, 1.54) is 0 Å². The predicted octanol–water partition coefficient (Wildman–Crippen LogP) is 1.65. The molecule has 0 unspecified atom stereocenters. The zero-order valence-corrected chi connectivity index (χ0v) is 8.60. The summed E-state index contributed by atoms with van der Waals surface area (Å²) in [5.41, 5.74) is 0. The van der Waals surface area contributed by atoms with Crippen molar-refractivity contribution in [3.05, 3.63) is 0 Å². The van der Waals surface area contributed by atoms with Crippen LogP contribution in [0, 0.1) is 0 Å². The molecule has 0 atom stereocenters. The zero-order chi connectivity index (χ0) is 3.41. The number of hydrogen-bond acceptors (Lipinski definition) is 1. The van der Waals surface area contributed by atoms with Gasteiger partial charge in [0.2, 0.25) is 0 Å². The molecule has 0 spiro atoms. The third kappa shape index (κ3) is 49.9. The molecule has 0 fully saturated rings. The Hall–Kier alpha value is 1.54. The van der Waals surface area contributed by atoms with Crippen LogP contribution in [0.2, 0.25) is 0 Å². The largest absolute Gasteiger partial charge is 0.396 e. The molecule has 0 radical (unpaired) electrons. The summed E-state index contributed by atoms with van der Waals surface area (Å²) in [4.78, 5) is 0. The van der Waals surface area contributed by atoms with E-state index in [-0.39, 0.29) is 58.9 Å². The van der Waals surface area contributed by atoms with E-state index in [2.05, 4.69) is 0 Å². The first kappa shape index (κ1) is 33.7. The van der Waals surface area contributed by atoms with Crippen molar-refractivity contribution in [2.45, 2.75) is 13.3 Å². The van der Waals surface area contributed by atoms with Gasteiger partial charge in [-0.05, 0) is 6.42 Å². The smallest absolute Gasteiger partial charge is 0.0428 e. The minimum absolute atomic E-state index is 0. The average Bonchev–Trinajstić information content (AvgIpc) is 1.37. The summed E-state index contributed by atoms with van der Waals surface area (Å²) in [5.74, 6) is 0. The Morgan fingerprint density at radius 1 is 1.12 bits per heavy atom. The van der Waals surface area contributed by atoms with Gasteiger partial charge in [0, 0.05) is 28.3 Å². The van der Waals surface area contributed by atoms with Crippen molar-refractivity contribution in [3.63, 3.8) is 0 Å². The van der Waals surface area contributed by atoms with Crippen LogP contribution < -0.4 is 0 Å². The minimum atomic E-state index is 0. The van der Waals surface area contributed by atoms with Gasteiger partial charge in [-0.2, -0.15) is 0 Å². The second kappa shape index (κ2) is 38.7. The van der Waals surface area contributed by atoms with E-state index < -0.39 is 0 Å². The van der Waals surface area contributed by atoms with Crippen molar-refractivity contribution >= 4 is 37.2 Å². The van der Waals surface area contributed by atoms with Crippen molar-refractivity contribution in [2.24, 2.45) is 0 Å².